The minimum atomic E-state index is 0.817. The van der Waals surface area contributed by atoms with Crippen LogP contribution in [-0.2, 0) is 6.42 Å². The van der Waals surface area contributed by atoms with E-state index in [9.17, 15) is 0 Å². The van der Waals surface area contributed by atoms with Crippen LogP contribution < -0.4 is 10.6 Å². The summed E-state index contributed by atoms with van der Waals surface area (Å²) in [6.45, 7) is 4.59. The van der Waals surface area contributed by atoms with E-state index in [1.165, 1.54) is 0 Å². The molecule has 2 rings (SSSR count). The Balaban J connectivity index is 1.65. The van der Waals surface area contributed by atoms with Crippen LogP contribution in [0.3, 0.4) is 0 Å². The molecule has 0 aromatic carbocycles. The Morgan fingerprint density at radius 2 is 2.22 bits per heavy atom. The number of nitrogens with zero attached hydrogens (tertiary/aromatic N) is 3. The molecule has 7 heteroatoms. The summed E-state index contributed by atoms with van der Waals surface area (Å²) in [5, 5.41) is 8.64. The monoisotopic (exact) mass is 349 g/mol. The van der Waals surface area contributed by atoms with Gasteiger partial charge in [-0.05, 0) is 25.5 Å². The smallest absolute Gasteiger partial charge is 0.191 e. The molecule has 2 aromatic heterocycles. The predicted molar refractivity (Wildman–Crippen MR) is 99.4 cm³/mol. The van der Waals surface area contributed by atoms with Crippen molar-refractivity contribution in [3.8, 4) is 0 Å². The first-order chi connectivity index (χ1) is 11.4. The number of thioether (sulfide) groups is 1. The third-order valence-electron chi connectivity index (χ3n) is 2.95. The Morgan fingerprint density at radius 1 is 1.26 bits per heavy atom. The molecule has 23 heavy (non-hydrogen) atoms. The first kappa shape index (κ1) is 17.7. The fourth-order valence-corrected chi connectivity index (χ4v) is 3.53. The zero-order valence-electron chi connectivity index (χ0n) is 13.4. The molecule has 0 fully saturated rings. The van der Waals surface area contributed by atoms with Gasteiger partial charge in [0.15, 0.2) is 5.96 Å². The van der Waals surface area contributed by atoms with E-state index >= 15 is 0 Å². The van der Waals surface area contributed by atoms with Crippen LogP contribution in [0.25, 0.3) is 0 Å². The highest BCUT2D eigenvalue weighted by Gasteiger charge is 1.99. The van der Waals surface area contributed by atoms with E-state index in [0.717, 1.165) is 54.2 Å². The van der Waals surface area contributed by atoms with Crippen LogP contribution in [0.4, 0.5) is 0 Å². The van der Waals surface area contributed by atoms with Crippen molar-refractivity contribution in [2.45, 2.75) is 24.1 Å². The molecule has 2 heterocycles. The van der Waals surface area contributed by atoms with Gasteiger partial charge in [-0.25, -0.2) is 4.98 Å². The molecule has 0 atom stereocenters. The highest BCUT2D eigenvalue weighted by atomic mass is 32.2. The maximum Gasteiger partial charge on any atom is 0.191 e. The molecule has 0 aliphatic heterocycles. The van der Waals surface area contributed by atoms with Crippen molar-refractivity contribution < 1.29 is 0 Å². The van der Waals surface area contributed by atoms with E-state index in [0.29, 0.717) is 0 Å². The van der Waals surface area contributed by atoms with Crippen LogP contribution >= 0.6 is 23.1 Å². The first-order valence-electron chi connectivity index (χ1n) is 7.83. The minimum Gasteiger partial charge on any atom is -0.357 e. The number of hydrogen-bond donors (Lipinski definition) is 2. The third kappa shape index (κ3) is 7.47. The molecule has 0 saturated heterocycles. The number of hydrogen-bond acceptors (Lipinski definition) is 5. The Kier molecular flexibility index (Phi) is 8.50. The quantitative estimate of drug-likeness (QED) is 0.315. The summed E-state index contributed by atoms with van der Waals surface area (Å²) < 4.78 is 1.13. The highest BCUT2D eigenvalue weighted by molar-refractivity contribution is 8.00. The molecule has 0 amide bonds. The Morgan fingerprint density at radius 3 is 2.96 bits per heavy atom. The first-order valence-corrected chi connectivity index (χ1v) is 9.69. The van der Waals surface area contributed by atoms with Crippen molar-refractivity contribution in [1.82, 2.24) is 20.6 Å². The lowest BCUT2D eigenvalue weighted by Crippen LogP contribution is -2.38. The summed E-state index contributed by atoms with van der Waals surface area (Å²) in [4.78, 5) is 13.2. The Hall–Kier alpha value is -1.60. The Labute approximate surface area is 146 Å². The molecule has 0 aliphatic carbocycles. The summed E-state index contributed by atoms with van der Waals surface area (Å²) in [6, 6.07) is 6.00. The fraction of sp³-hybridized carbons (Fsp3) is 0.438. The zero-order valence-corrected chi connectivity index (χ0v) is 15.0. The van der Waals surface area contributed by atoms with Crippen molar-refractivity contribution >= 4 is 29.1 Å². The standard InChI is InChI=1S/C16H23N5S2/c1-2-17-15(20-10-7-14-6-3-4-8-18-14)19-9-5-12-22-16-21-11-13-23-16/h3-4,6,8,11,13H,2,5,7,9-10,12H2,1H3,(H2,17,19,20). The van der Waals surface area contributed by atoms with E-state index < -0.39 is 0 Å². The molecular weight excluding hydrogens is 326 g/mol. The van der Waals surface area contributed by atoms with Crippen LogP contribution in [0, 0.1) is 0 Å². The van der Waals surface area contributed by atoms with Gasteiger partial charge in [0, 0.05) is 55.3 Å². The number of guanidine groups is 1. The van der Waals surface area contributed by atoms with Crippen LogP contribution in [0.2, 0.25) is 0 Å². The second-order valence-corrected chi connectivity index (χ2v) is 7.00. The van der Waals surface area contributed by atoms with E-state index in [4.69, 9.17) is 0 Å². The molecule has 124 valence electrons. The summed E-state index contributed by atoms with van der Waals surface area (Å²) in [6.07, 6.45) is 5.61. The van der Waals surface area contributed by atoms with E-state index in [2.05, 4.69) is 32.5 Å². The summed E-state index contributed by atoms with van der Waals surface area (Å²) >= 11 is 3.49. The number of nitrogens with one attached hydrogen (secondary N) is 2. The van der Waals surface area contributed by atoms with Gasteiger partial charge < -0.3 is 10.6 Å². The topological polar surface area (TPSA) is 62.2 Å². The maximum absolute atomic E-state index is 4.61. The summed E-state index contributed by atoms with van der Waals surface area (Å²) in [5.74, 6) is 1.92. The van der Waals surface area contributed by atoms with E-state index in [1.807, 2.05) is 36.0 Å². The number of thiazole rings is 1. The Bertz CT molecular complexity index is 557. The molecule has 0 bridgehead atoms. The SMILES string of the molecule is CCNC(=NCCCSc1nccs1)NCCc1ccccn1. The molecular formula is C16H23N5S2. The molecule has 0 radical (unpaired) electrons. The van der Waals surface area contributed by atoms with Crippen molar-refractivity contribution in [3.05, 3.63) is 41.7 Å². The summed E-state index contributed by atoms with van der Waals surface area (Å²) in [5.41, 5.74) is 1.09. The van der Waals surface area contributed by atoms with Gasteiger partial charge in [0.25, 0.3) is 0 Å². The molecule has 0 aliphatic rings. The number of aliphatic imine (C=N–C) groups is 1. The van der Waals surface area contributed by atoms with Gasteiger partial charge in [0.1, 0.15) is 4.34 Å². The van der Waals surface area contributed by atoms with Gasteiger partial charge in [-0.1, -0.05) is 17.8 Å². The lowest BCUT2D eigenvalue weighted by Gasteiger charge is -2.11. The van der Waals surface area contributed by atoms with Crippen molar-refractivity contribution in [2.24, 2.45) is 4.99 Å². The molecule has 2 aromatic rings. The average Bonchev–Trinajstić information content (AvgIpc) is 3.09. The van der Waals surface area contributed by atoms with Crippen molar-refractivity contribution in [1.29, 1.82) is 0 Å². The predicted octanol–water partition coefficient (Wildman–Crippen LogP) is 2.82. The van der Waals surface area contributed by atoms with E-state index in [1.54, 1.807) is 23.1 Å². The lowest BCUT2D eigenvalue weighted by molar-refractivity contribution is 0.784. The minimum absolute atomic E-state index is 0.817. The van der Waals surface area contributed by atoms with Crippen molar-refractivity contribution in [2.75, 3.05) is 25.4 Å². The molecule has 0 unspecified atom stereocenters. The normalized spacial score (nSPS) is 11.4. The zero-order chi connectivity index (χ0) is 16.2. The fourth-order valence-electron chi connectivity index (χ4n) is 1.89. The maximum atomic E-state index is 4.61. The van der Waals surface area contributed by atoms with Gasteiger partial charge in [-0.15, -0.1) is 11.3 Å². The third-order valence-corrected chi connectivity index (χ3v) is 5.00. The lowest BCUT2D eigenvalue weighted by atomic mass is 10.3. The van der Waals surface area contributed by atoms with Crippen LogP contribution in [-0.4, -0.2) is 41.3 Å². The van der Waals surface area contributed by atoms with Crippen molar-refractivity contribution in [3.63, 3.8) is 0 Å². The van der Waals surface area contributed by atoms with Gasteiger partial charge in [0.2, 0.25) is 0 Å². The van der Waals surface area contributed by atoms with E-state index in [-0.39, 0.29) is 0 Å². The van der Waals surface area contributed by atoms with Crippen LogP contribution in [0.15, 0.2) is 45.3 Å². The number of pyridine rings is 1. The molecule has 2 N–H and O–H groups in total. The number of aromatic nitrogens is 2. The summed E-state index contributed by atoms with van der Waals surface area (Å²) in [7, 11) is 0. The van der Waals surface area contributed by atoms with Gasteiger partial charge in [0.05, 0.1) is 0 Å². The van der Waals surface area contributed by atoms with Gasteiger partial charge >= 0.3 is 0 Å². The number of rotatable bonds is 9. The van der Waals surface area contributed by atoms with Crippen LogP contribution in [0.5, 0.6) is 0 Å². The highest BCUT2D eigenvalue weighted by Crippen LogP contribution is 2.20. The molecule has 5 nitrogen and oxygen atoms in total. The molecule has 0 spiro atoms. The van der Waals surface area contributed by atoms with Gasteiger partial charge in [-0.3, -0.25) is 9.98 Å². The second-order valence-electron chi connectivity index (χ2n) is 4.76. The van der Waals surface area contributed by atoms with Gasteiger partial charge in [-0.2, -0.15) is 0 Å². The largest absolute Gasteiger partial charge is 0.357 e. The average molecular weight is 350 g/mol. The second kappa shape index (κ2) is 11.0. The van der Waals surface area contributed by atoms with Crippen LogP contribution in [0.1, 0.15) is 19.0 Å². The molecule has 0 saturated carbocycles.